The Morgan fingerprint density at radius 3 is 3.04 bits per heavy atom. The molecular formula is C22H30N2O3S. The number of hydrogen-bond donors (Lipinski definition) is 1. The predicted molar refractivity (Wildman–Crippen MR) is 113 cm³/mol. The molecule has 0 aliphatic carbocycles. The highest BCUT2D eigenvalue weighted by Crippen LogP contribution is 2.29. The maximum atomic E-state index is 12.1. The lowest BCUT2D eigenvalue weighted by Crippen LogP contribution is -2.38. The van der Waals surface area contributed by atoms with Crippen LogP contribution in [0.4, 0.5) is 0 Å². The quantitative estimate of drug-likeness (QED) is 0.692. The normalized spacial score (nSPS) is 16.7. The number of carbonyl (C=O) groups is 1. The molecule has 152 valence electrons. The predicted octanol–water partition coefficient (Wildman–Crippen LogP) is 3.87. The summed E-state index contributed by atoms with van der Waals surface area (Å²) in [7, 11) is 1.68. The lowest BCUT2D eigenvalue weighted by Gasteiger charge is -2.23. The topological polar surface area (TPSA) is 50.8 Å². The van der Waals surface area contributed by atoms with E-state index in [0.717, 1.165) is 56.0 Å². The van der Waals surface area contributed by atoms with Crippen molar-refractivity contribution in [2.75, 3.05) is 26.7 Å². The lowest BCUT2D eigenvalue weighted by molar-refractivity contribution is -0.121. The van der Waals surface area contributed by atoms with Crippen LogP contribution in [0.1, 0.15) is 36.6 Å². The van der Waals surface area contributed by atoms with E-state index in [4.69, 9.17) is 9.47 Å². The molecule has 28 heavy (non-hydrogen) atoms. The Morgan fingerprint density at radius 2 is 2.29 bits per heavy atom. The van der Waals surface area contributed by atoms with Crippen LogP contribution in [-0.2, 0) is 17.8 Å². The van der Waals surface area contributed by atoms with Crippen LogP contribution < -0.4 is 14.8 Å². The average Bonchev–Trinajstić information content (AvgIpc) is 3.14. The van der Waals surface area contributed by atoms with Gasteiger partial charge in [0.05, 0.1) is 7.11 Å². The van der Waals surface area contributed by atoms with Gasteiger partial charge in [-0.3, -0.25) is 9.69 Å². The van der Waals surface area contributed by atoms with Gasteiger partial charge in [-0.25, -0.2) is 0 Å². The summed E-state index contributed by atoms with van der Waals surface area (Å²) in [6.07, 6.45) is 3.58. The van der Waals surface area contributed by atoms with Crippen molar-refractivity contribution in [1.29, 1.82) is 0 Å². The zero-order chi connectivity index (χ0) is 19.8. The number of hydrogen-bond acceptors (Lipinski definition) is 5. The summed E-state index contributed by atoms with van der Waals surface area (Å²) in [5.74, 6) is 1.92. The molecule has 3 rings (SSSR count). The van der Waals surface area contributed by atoms with E-state index in [9.17, 15) is 4.79 Å². The van der Waals surface area contributed by atoms with Gasteiger partial charge in [0.15, 0.2) is 0 Å². The molecule has 1 aromatic heterocycles. The Morgan fingerprint density at radius 1 is 1.39 bits per heavy atom. The van der Waals surface area contributed by atoms with Gasteiger partial charge in [-0.05, 0) is 48.9 Å². The first kappa shape index (κ1) is 20.7. The number of nitrogens with zero attached hydrogens (tertiary/aromatic N) is 1. The number of methoxy groups -OCH3 is 1. The first-order chi connectivity index (χ1) is 13.7. The molecule has 2 aromatic rings. The van der Waals surface area contributed by atoms with E-state index in [1.54, 1.807) is 18.4 Å². The third-order valence-electron chi connectivity index (χ3n) is 5.03. The van der Waals surface area contributed by atoms with Crippen LogP contribution >= 0.6 is 11.3 Å². The van der Waals surface area contributed by atoms with Gasteiger partial charge in [0.1, 0.15) is 17.6 Å². The van der Waals surface area contributed by atoms with Crippen molar-refractivity contribution in [2.24, 2.45) is 0 Å². The molecule has 0 fully saturated rings. The van der Waals surface area contributed by atoms with Crippen molar-refractivity contribution in [3.8, 4) is 11.5 Å². The van der Waals surface area contributed by atoms with E-state index in [0.29, 0.717) is 13.0 Å². The van der Waals surface area contributed by atoms with Gasteiger partial charge in [-0.1, -0.05) is 13.0 Å². The minimum atomic E-state index is 0.136. The second kappa shape index (κ2) is 10.5. The summed E-state index contributed by atoms with van der Waals surface area (Å²) in [6, 6.07) is 10.2. The number of aryl methyl sites for hydroxylation is 1. The molecule has 0 radical (unpaired) electrons. The van der Waals surface area contributed by atoms with Crippen LogP contribution in [0.5, 0.6) is 11.5 Å². The van der Waals surface area contributed by atoms with E-state index in [1.807, 2.05) is 18.2 Å². The third kappa shape index (κ3) is 5.97. The standard InChI is InChI=1S/C22H30N2O3S/c1-3-18-16-24(15-17-14-19(26-2)9-10-21(17)27-18)12-11-23-22(25)8-4-6-20-7-5-13-28-20/h5,7,9-10,13-14,18H,3-4,6,8,11-12,15-16H2,1-2H3,(H,23,25)/t18-/m0/s1. The number of rotatable bonds is 9. The second-order valence-corrected chi connectivity index (χ2v) is 8.17. The first-order valence-corrected chi connectivity index (χ1v) is 10.9. The second-order valence-electron chi connectivity index (χ2n) is 7.14. The SMILES string of the molecule is CC[C@H]1CN(CCNC(=O)CCCc2cccs2)Cc2cc(OC)ccc2O1. The van der Waals surface area contributed by atoms with Gasteiger partial charge in [-0.2, -0.15) is 0 Å². The number of amides is 1. The van der Waals surface area contributed by atoms with Crippen LogP contribution in [0.25, 0.3) is 0 Å². The summed E-state index contributed by atoms with van der Waals surface area (Å²) >= 11 is 1.75. The van der Waals surface area contributed by atoms with Crippen molar-refractivity contribution in [1.82, 2.24) is 10.2 Å². The fourth-order valence-corrected chi connectivity index (χ4v) is 4.19. The van der Waals surface area contributed by atoms with E-state index >= 15 is 0 Å². The third-order valence-corrected chi connectivity index (χ3v) is 5.97. The smallest absolute Gasteiger partial charge is 0.220 e. The summed E-state index contributed by atoms with van der Waals surface area (Å²) in [5.41, 5.74) is 1.14. The van der Waals surface area contributed by atoms with Crippen LogP contribution in [0, 0.1) is 0 Å². The van der Waals surface area contributed by atoms with Crippen molar-refractivity contribution in [3.63, 3.8) is 0 Å². The zero-order valence-electron chi connectivity index (χ0n) is 16.8. The molecule has 0 saturated heterocycles. The van der Waals surface area contributed by atoms with Gasteiger partial charge < -0.3 is 14.8 Å². The molecule has 0 saturated carbocycles. The van der Waals surface area contributed by atoms with Crippen LogP contribution in [0.15, 0.2) is 35.7 Å². The molecule has 5 nitrogen and oxygen atoms in total. The van der Waals surface area contributed by atoms with Crippen LogP contribution in [-0.4, -0.2) is 43.7 Å². The fraction of sp³-hybridized carbons (Fsp3) is 0.500. The molecule has 6 heteroatoms. The molecular weight excluding hydrogens is 372 g/mol. The summed E-state index contributed by atoms with van der Waals surface area (Å²) in [6.45, 7) is 5.28. The number of thiophene rings is 1. The monoisotopic (exact) mass is 402 g/mol. The Labute approximate surface area is 171 Å². The number of nitrogens with one attached hydrogen (secondary N) is 1. The number of fused-ring (bicyclic) bond motifs is 1. The van der Waals surface area contributed by atoms with Gasteiger partial charge in [0.2, 0.25) is 5.91 Å². The molecule has 2 heterocycles. The summed E-state index contributed by atoms with van der Waals surface area (Å²) in [5, 5.41) is 5.15. The highest BCUT2D eigenvalue weighted by atomic mass is 32.1. The van der Waals surface area contributed by atoms with E-state index in [-0.39, 0.29) is 12.0 Å². The molecule has 1 amide bonds. The molecule has 0 unspecified atom stereocenters. The highest BCUT2D eigenvalue weighted by Gasteiger charge is 2.22. The van der Waals surface area contributed by atoms with Gasteiger partial charge in [0, 0.05) is 43.0 Å². The van der Waals surface area contributed by atoms with Crippen molar-refractivity contribution < 1.29 is 14.3 Å². The molecule has 0 spiro atoms. The molecule has 1 aliphatic heterocycles. The van der Waals surface area contributed by atoms with Crippen LogP contribution in [0.2, 0.25) is 0 Å². The minimum Gasteiger partial charge on any atom is -0.497 e. The Balaban J connectivity index is 1.46. The lowest BCUT2D eigenvalue weighted by atomic mass is 10.2. The molecule has 0 bridgehead atoms. The van der Waals surface area contributed by atoms with Gasteiger partial charge in [0.25, 0.3) is 0 Å². The zero-order valence-corrected chi connectivity index (χ0v) is 17.6. The fourth-order valence-electron chi connectivity index (χ4n) is 3.43. The minimum absolute atomic E-state index is 0.136. The maximum absolute atomic E-state index is 12.1. The van der Waals surface area contributed by atoms with Crippen molar-refractivity contribution in [2.45, 2.75) is 45.3 Å². The number of carbonyl (C=O) groups excluding carboxylic acids is 1. The first-order valence-electron chi connectivity index (χ1n) is 10.0. The van der Waals surface area contributed by atoms with E-state index in [2.05, 4.69) is 34.7 Å². The number of benzene rings is 1. The van der Waals surface area contributed by atoms with Crippen molar-refractivity contribution in [3.05, 3.63) is 46.2 Å². The Kier molecular flexibility index (Phi) is 7.74. The number of ether oxygens (including phenoxy) is 2. The van der Waals surface area contributed by atoms with E-state index in [1.165, 1.54) is 4.88 Å². The van der Waals surface area contributed by atoms with Gasteiger partial charge in [-0.15, -0.1) is 11.3 Å². The molecule has 1 atom stereocenters. The Hall–Kier alpha value is -2.05. The summed E-state index contributed by atoms with van der Waals surface area (Å²) < 4.78 is 11.5. The largest absolute Gasteiger partial charge is 0.497 e. The Bertz CT molecular complexity index is 748. The molecule has 1 N–H and O–H groups in total. The van der Waals surface area contributed by atoms with Gasteiger partial charge >= 0.3 is 0 Å². The average molecular weight is 403 g/mol. The van der Waals surface area contributed by atoms with Crippen molar-refractivity contribution >= 4 is 17.2 Å². The highest BCUT2D eigenvalue weighted by molar-refractivity contribution is 7.09. The van der Waals surface area contributed by atoms with Crippen LogP contribution in [0.3, 0.4) is 0 Å². The molecule has 1 aliphatic rings. The maximum Gasteiger partial charge on any atom is 0.220 e. The summed E-state index contributed by atoms with van der Waals surface area (Å²) in [4.78, 5) is 15.8. The van der Waals surface area contributed by atoms with E-state index < -0.39 is 0 Å². The molecule has 1 aromatic carbocycles.